The molecule has 4 heterocycles. The minimum absolute atomic E-state index is 0.165. The molecule has 0 atom stereocenters. The Hall–Kier alpha value is -4.06. The summed E-state index contributed by atoms with van der Waals surface area (Å²) >= 11 is 7.21. The van der Waals surface area contributed by atoms with Crippen LogP contribution in [0.3, 0.4) is 0 Å². The lowest BCUT2D eigenvalue weighted by molar-refractivity contribution is -0.759. The number of hydrogen-bond acceptors (Lipinski definition) is 8. The number of carbonyl (C=O) groups is 1. The molecule has 0 spiro atoms. The highest BCUT2D eigenvalue weighted by molar-refractivity contribution is 7.21. The molecule has 1 amide bonds. The number of nitrogens with one attached hydrogen (secondary N) is 1. The van der Waals surface area contributed by atoms with E-state index in [0.717, 1.165) is 16.9 Å². The molecule has 0 unspecified atom stereocenters. The van der Waals surface area contributed by atoms with Crippen LogP contribution in [-0.4, -0.2) is 42.5 Å². The molecule has 38 heavy (non-hydrogen) atoms. The van der Waals surface area contributed by atoms with Gasteiger partial charge in [0.25, 0.3) is 12.1 Å². The maximum atomic E-state index is 14.2. The fourth-order valence-electron chi connectivity index (χ4n) is 4.30. The molecule has 3 aromatic heterocycles. The molecule has 12 heteroatoms. The summed E-state index contributed by atoms with van der Waals surface area (Å²) in [5, 5.41) is 9.81. The molecule has 1 aliphatic rings. The number of fused-ring (bicyclic) bond motifs is 1. The maximum absolute atomic E-state index is 14.2. The van der Waals surface area contributed by atoms with E-state index in [0.29, 0.717) is 58.4 Å². The first-order chi connectivity index (χ1) is 18.5. The van der Waals surface area contributed by atoms with Crippen molar-refractivity contribution >= 4 is 50.6 Å². The van der Waals surface area contributed by atoms with Crippen LogP contribution in [-0.2, 0) is 4.74 Å². The molecule has 2 aromatic carbocycles. The summed E-state index contributed by atoms with van der Waals surface area (Å²) < 4.78 is 24.8. The number of rotatable bonds is 5. The summed E-state index contributed by atoms with van der Waals surface area (Å²) in [6.45, 7) is 2.47. The summed E-state index contributed by atoms with van der Waals surface area (Å²) in [5.41, 5.74) is 9.52. The number of carbonyl (C=O) groups excluding carboxylic acids is 1. The van der Waals surface area contributed by atoms with Crippen LogP contribution in [0.1, 0.15) is 9.67 Å². The molecule has 0 aliphatic carbocycles. The normalized spacial score (nSPS) is 13.7. The minimum atomic E-state index is -0.464. The van der Waals surface area contributed by atoms with E-state index in [4.69, 9.17) is 31.6 Å². The third-order valence-corrected chi connectivity index (χ3v) is 7.50. The zero-order chi connectivity index (χ0) is 26.2. The van der Waals surface area contributed by atoms with E-state index >= 15 is 0 Å². The Morgan fingerprint density at radius 2 is 1.92 bits per heavy atom. The minimum Gasteiger partial charge on any atom is -0.397 e. The maximum Gasteiger partial charge on any atom is 0.306 e. The Morgan fingerprint density at radius 3 is 2.68 bits per heavy atom. The van der Waals surface area contributed by atoms with Crippen molar-refractivity contribution in [2.24, 2.45) is 0 Å². The van der Waals surface area contributed by atoms with Gasteiger partial charge in [0.15, 0.2) is 0 Å². The molecule has 5 aromatic rings. The van der Waals surface area contributed by atoms with Crippen LogP contribution in [0.5, 0.6) is 0 Å². The van der Waals surface area contributed by atoms with E-state index in [1.165, 1.54) is 16.9 Å². The Bertz CT molecular complexity index is 1650. The number of anilines is 2. The molecule has 192 valence electrons. The zero-order valence-electron chi connectivity index (χ0n) is 19.9. The van der Waals surface area contributed by atoms with Crippen molar-refractivity contribution < 1.29 is 23.2 Å². The number of halogens is 2. The number of hydrogen-bond donors (Lipinski definition) is 2. The first-order valence-corrected chi connectivity index (χ1v) is 12.9. The number of morpholine rings is 1. The highest BCUT2D eigenvalue weighted by Crippen LogP contribution is 2.41. The average molecular weight is 552 g/mol. The van der Waals surface area contributed by atoms with Crippen molar-refractivity contribution in [1.82, 2.24) is 10.3 Å². The first kappa shape index (κ1) is 24.3. The Morgan fingerprint density at radius 1 is 1.13 bits per heavy atom. The van der Waals surface area contributed by atoms with Gasteiger partial charge >= 0.3 is 5.88 Å². The number of nitrogens with zero attached hydrogens (tertiary/aromatic N) is 4. The van der Waals surface area contributed by atoms with Crippen LogP contribution in [0, 0.1) is 5.82 Å². The van der Waals surface area contributed by atoms with Gasteiger partial charge in [-0.2, -0.15) is 0 Å². The number of nitrogen functional groups attached to an aromatic ring is 1. The first-order valence-electron chi connectivity index (χ1n) is 11.7. The van der Waals surface area contributed by atoms with Crippen molar-refractivity contribution in [3.63, 3.8) is 0 Å². The zero-order valence-corrected chi connectivity index (χ0v) is 21.4. The summed E-state index contributed by atoms with van der Waals surface area (Å²) in [6.07, 6.45) is 1.59. The van der Waals surface area contributed by atoms with Crippen LogP contribution in [0.25, 0.3) is 32.6 Å². The van der Waals surface area contributed by atoms with Crippen LogP contribution < -0.4 is 20.9 Å². The largest absolute Gasteiger partial charge is 0.397 e. The van der Waals surface area contributed by atoms with Gasteiger partial charge < -0.3 is 10.5 Å². The molecule has 3 N–H and O–H groups in total. The van der Waals surface area contributed by atoms with Crippen molar-refractivity contribution in [2.45, 2.75) is 0 Å². The molecule has 9 nitrogen and oxygen atoms in total. The van der Waals surface area contributed by atoms with Gasteiger partial charge in [-0.3, -0.25) is 14.6 Å². The molecular weight excluding hydrogens is 531 g/mol. The van der Waals surface area contributed by atoms with Crippen LogP contribution in [0.2, 0.25) is 5.02 Å². The van der Waals surface area contributed by atoms with Crippen molar-refractivity contribution in [3.05, 3.63) is 76.5 Å². The standard InChI is InChI=1S/C26H20ClFN6O3S/c27-17-6-4-15(5-7-17)20-13-19(16-2-1-3-18(28)12-16)22-23(29)24(38-26(22)30-20)25(35)31-21-14-34(32-37-21)33-8-10-36-11-9-33/h1-7,12-14H,8-11H2,(H2-,29,31,32,35)/p+1. The van der Waals surface area contributed by atoms with Crippen molar-refractivity contribution in [3.8, 4) is 22.4 Å². The number of ether oxygens (including phenoxy) is 1. The number of thiophene rings is 1. The van der Waals surface area contributed by atoms with Crippen LogP contribution in [0.15, 0.2) is 65.3 Å². The quantitative estimate of drug-likeness (QED) is 0.309. The van der Waals surface area contributed by atoms with Crippen molar-refractivity contribution in [1.29, 1.82) is 0 Å². The van der Waals surface area contributed by atoms with Crippen molar-refractivity contribution in [2.75, 3.05) is 42.4 Å². The number of benzene rings is 2. The Kier molecular flexibility index (Phi) is 6.40. The highest BCUT2D eigenvalue weighted by Gasteiger charge is 2.26. The van der Waals surface area contributed by atoms with Gasteiger partial charge in [-0.1, -0.05) is 35.9 Å². The van der Waals surface area contributed by atoms with Crippen LogP contribution in [0.4, 0.5) is 16.0 Å². The molecule has 0 radical (unpaired) electrons. The smallest absolute Gasteiger partial charge is 0.306 e. The van der Waals surface area contributed by atoms with Gasteiger partial charge in [-0.15, -0.1) is 16.3 Å². The predicted octanol–water partition coefficient (Wildman–Crippen LogP) is 4.50. The Labute approximate surface area is 225 Å². The molecule has 1 saturated heterocycles. The third kappa shape index (κ3) is 4.67. The summed E-state index contributed by atoms with van der Waals surface area (Å²) in [6, 6.07) is 15.3. The van der Waals surface area contributed by atoms with Gasteiger partial charge in [0, 0.05) is 16.0 Å². The molecule has 0 bridgehead atoms. The lowest BCUT2D eigenvalue weighted by Crippen LogP contribution is -2.62. The van der Waals surface area contributed by atoms with Gasteiger partial charge in [0.2, 0.25) is 5.27 Å². The van der Waals surface area contributed by atoms with E-state index in [9.17, 15) is 9.18 Å². The van der Waals surface area contributed by atoms with Crippen LogP contribution >= 0.6 is 22.9 Å². The lowest BCUT2D eigenvalue weighted by Gasteiger charge is -2.18. The second kappa shape index (κ2) is 10.0. The van der Waals surface area contributed by atoms with E-state index in [-0.39, 0.29) is 22.3 Å². The fourth-order valence-corrected chi connectivity index (χ4v) is 5.44. The Balaban J connectivity index is 1.40. The summed E-state index contributed by atoms with van der Waals surface area (Å²) in [4.78, 5) is 20.4. The highest BCUT2D eigenvalue weighted by atomic mass is 35.5. The topological polar surface area (TPSA) is 110 Å². The van der Waals surface area contributed by atoms with E-state index < -0.39 is 5.91 Å². The molecule has 0 saturated carbocycles. The predicted molar refractivity (Wildman–Crippen MR) is 143 cm³/mol. The second-order valence-corrected chi connectivity index (χ2v) is 10.0. The molecule has 1 fully saturated rings. The number of nitrogens with two attached hydrogens (primary N) is 1. The van der Waals surface area contributed by atoms with E-state index in [1.807, 2.05) is 23.2 Å². The SMILES string of the molecule is Nc1c(C(=O)Nc2c[n+](N3CCOCC3)no2)sc2nc(-c3ccc(Cl)cc3)cc(-c3cccc(F)c3)c12. The number of amides is 1. The fraction of sp³-hybridized carbons (Fsp3) is 0.154. The number of aromatic nitrogens is 3. The van der Waals surface area contributed by atoms with Gasteiger partial charge in [-0.25, -0.2) is 9.37 Å². The van der Waals surface area contributed by atoms with E-state index in [1.54, 1.807) is 30.5 Å². The molecule has 1 aliphatic heterocycles. The van der Waals surface area contributed by atoms with E-state index in [2.05, 4.69) is 10.6 Å². The second-order valence-electron chi connectivity index (χ2n) is 8.60. The summed E-state index contributed by atoms with van der Waals surface area (Å²) in [5.74, 6) is -0.682. The summed E-state index contributed by atoms with van der Waals surface area (Å²) in [7, 11) is 0. The molecular formula is C26H21ClFN6O3S+. The van der Waals surface area contributed by atoms with Gasteiger partial charge in [0.05, 0.1) is 42.5 Å². The monoisotopic (exact) mass is 551 g/mol. The van der Waals surface area contributed by atoms with Gasteiger partial charge in [-0.05, 0) is 41.5 Å². The number of pyridine rings is 1. The average Bonchev–Trinajstić information content (AvgIpc) is 3.53. The van der Waals surface area contributed by atoms with Gasteiger partial charge in [0.1, 0.15) is 15.5 Å². The lowest BCUT2D eigenvalue weighted by atomic mass is 9.99. The molecule has 6 rings (SSSR count). The third-order valence-electron chi connectivity index (χ3n) is 6.15.